The number of ether oxygens (including phenoxy) is 1. The minimum absolute atomic E-state index is 0.0746. The molecule has 0 bridgehead atoms. The van der Waals surface area contributed by atoms with E-state index >= 15 is 0 Å². The lowest BCUT2D eigenvalue weighted by molar-refractivity contribution is -0.140. The lowest BCUT2D eigenvalue weighted by Crippen LogP contribution is -2.45. The van der Waals surface area contributed by atoms with Gasteiger partial charge in [0.05, 0.1) is 11.9 Å². The molecule has 0 amide bonds. The number of rotatable bonds is 5. The molecule has 1 rings (SSSR count). The van der Waals surface area contributed by atoms with Crippen molar-refractivity contribution < 1.29 is 23.1 Å². The van der Waals surface area contributed by atoms with Crippen LogP contribution >= 0.6 is 0 Å². The van der Waals surface area contributed by atoms with Crippen molar-refractivity contribution in [2.24, 2.45) is 0 Å². The third-order valence-electron chi connectivity index (χ3n) is 2.73. The Balaban J connectivity index is 2.86. The van der Waals surface area contributed by atoms with Crippen molar-refractivity contribution in [3.63, 3.8) is 0 Å². The number of carboxylic acids is 1. The third kappa shape index (κ3) is 2.53. The standard InChI is InChI=1S/C9H17NO5S/c1-7(6-15-2)16(13,14)10-5-3-4-8(10)9(11)12/h7-8H,3-6H2,1-2H3,(H,11,12)/t7?,8-/m0/s1. The Bertz CT molecular complexity index is 353. The van der Waals surface area contributed by atoms with E-state index in [2.05, 4.69) is 0 Å². The average Bonchev–Trinajstić information content (AvgIpc) is 2.66. The highest BCUT2D eigenvalue weighted by molar-refractivity contribution is 7.89. The average molecular weight is 251 g/mol. The summed E-state index contributed by atoms with van der Waals surface area (Å²) < 4.78 is 29.9. The highest BCUT2D eigenvalue weighted by Crippen LogP contribution is 2.23. The molecule has 0 aromatic carbocycles. The number of sulfonamides is 1. The van der Waals surface area contributed by atoms with Crippen molar-refractivity contribution >= 4 is 16.0 Å². The zero-order valence-corrected chi connectivity index (χ0v) is 10.2. The Labute approximate surface area is 95.2 Å². The highest BCUT2D eigenvalue weighted by atomic mass is 32.2. The van der Waals surface area contributed by atoms with Crippen molar-refractivity contribution in [3.05, 3.63) is 0 Å². The Kier molecular flexibility index (Phi) is 4.28. The molecule has 1 N–H and O–H groups in total. The first-order chi connectivity index (χ1) is 7.41. The predicted molar refractivity (Wildman–Crippen MR) is 57.6 cm³/mol. The van der Waals surface area contributed by atoms with Crippen LogP contribution in [0, 0.1) is 0 Å². The summed E-state index contributed by atoms with van der Waals surface area (Å²) in [5.41, 5.74) is 0. The summed E-state index contributed by atoms with van der Waals surface area (Å²) in [6.07, 6.45) is 0.976. The van der Waals surface area contributed by atoms with Gasteiger partial charge in [-0.15, -0.1) is 0 Å². The van der Waals surface area contributed by atoms with Gasteiger partial charge in [-0.3, -0.25) is 4.79 Å². The van der Waals surface area contributed by atoms with Crippen LogP contribution in [0.25, 0.3) is 0 Å². The van der Waals surface area contributed by atoms with Crippen LogP contribution in [-0.4, -0.2) is 55.4 Å². The predicted octanol–water partition coefficient (Wildman–Crippen LogP) is -0.0999. The second kappa shape index (κ2) is 5.11. The summed E-state index contributed by atoms with van der Waals surface area (Å²) in [6.45, 7) is 1.88. The molecular weight excluding hydrogens is 234 g/mol. The van der Waals surface area contributed by atoms with Crippen molar-refractivity contribution in [1.82, 2.24) is 4.31 Å². The minimum Gasteiger partial charge on any atom is -0.480 e. The lowest BCUT2D eigenvalue weighted by atomic mass is 10.2. The van der Waals surface area contributed by atoms with Gasteiger partial charge >= 0.3 is 5.97 Å². The number of carbonyl (C=O) groups is 1. The van der Waals surface area contributed by atoms with Crippen LogP contribution in [0.3, 0.4) is 0 Å². The topological polar surface area (TPSA) is 83.9 Å². The van der Waals surface area contributed by atoms with Crippen molar-refractivity contribution in [3.8, 4) is 0 Å². The van der Waals surface area contributed by atoms with E-state index in [4.69, 9.17) is 9.84 Å². The summed E-state index contributed by atoms with van der Waals surface area (Å²) in [5.74, 6) is -1.08. The van der Waals surface area contributed by atoms with Crippen molar-refractivity contribution in [2.75, 3.05) is 20.3 Å². The van der Waals surface area contributed by atoms with Gasteiger partial charge in [0.15, 0.2) is 0 Å². The van der Waals surface area contributed by atoms with Crippen LogP contribution in [0.4, 0.5) is 0 Å². The molecule has 2 atom stereocenters. The molecule has 0 radical (unpaired) electrons. The summed E-state index contributed by atoms with van der Waals surface area (Å²) in [7, 11) is -2.15. The molecule has 1 aliphatic rings. The van der Waals surface area contributed by atoms with Gasteiger partial charge in [-0.05, 0) is 19.8 Å². The monoisotopic (exact) mass is 251 g/mol. The lowest BCUT2D eigenvalue weighted by Gasteiger charge is -2.24. The quantitative estimate of drug-likeness (QED) is 0.737. The van der Waals surface area contributed by atoms with Gasteiger partial charge in [0.2, 0.25) is 10.0 Å². The summed E-state index contributed by atoms with van der Waals surface area (Å²) in [6, 6.07) is -0.913. The minimum atomic E-state index is -3.57. The summed E-state index contributed by atoms with van der Waals surface area (Å²) >= 11 is 0. The first kappa shape index (κ1) is 13.4. The number of aliphatic carboxylic acids is 1. The van der Waals surface area contributed by atoms with E-state index in [1.165, 1.54) is 14.0 Å². The molecule has 7 heteroatoms. The molecule has 1 fully saturated rings. The molecule has 0 aliphatic carbocycles. The van der Waals surface area contributed by atoms with Crippen LogP contribution in [0.2, 0.25) is 0 Å². The van der Waals surface area contributed by atoms with Gasteiger partial charge in [-0.2, -0.15) is 4.31 Å². The fourth-order valence-corrected chi connectivity index (χ4v) is 3.55. The van der Waals surface area contributed by atoms with Crippen molar-refractivity contribution in [2.45, 2.75) is 31.1 Å². The van der Waals surface area contributed by atoms with Crippen LogP contribution in [0.1, 0.15) is 19.8 Å². The normalized spacial score (nSPS) is 24.5. The fourth-order valence-electron chi connectivity index (χ4n) is 1.84. The van der Waals surface area contributed by atoms with Crippen LogP contribution in [0.5, 0.6) is 0 Å². The van der Waals surface area contributed by atoms with Gasteiger partial charge in [-0.25, -0.2) is 8.42 Å². The third-order valence-corrected chi connectivity index (χ3v) is 4.97. The number of nitrogens with zero attached hydrogens (tertiary/aromatic N) is 1. The molecule has 1 heterocycles. The largest absolute Gasteiger partial charge is 0.480 e. The first-order valence-corrected chi connectivity index (χ1v) is 6.64. The first-order valence-electron chi connectivity index (χ1n) is 5.13. The van der Waals surface area contributed by atoms with E-state index in [1.54, 1.807) is 0 Å². The second-order valence-electron chi connectivity index (χ2n) is 3.92. The zero-order chi connectivity index (χ0) is 12.3. The Morgan fingerprint density at radius 1 is 1.62 bits per heavy atom. The molecule has 0 aromatic rings. The molecule has 1 saturated heterocycles. The number of hydrogen-bond acceptors (Lipinski definition) is 4. The van der Waals surface area contributed by atoms with E-state index in [0.29, 0.717) is 12.8 Å². The molecule has 0 spiro atoms. The Morgan fingerprint density at radius 2 is 2.25 bits per heavy atom. The van der Waals surface area contributed by atoms with E-state index in [9.17, 15) is 13.2 Å². The maximum Gasteiger partial charge on any atom is 0.322 e. The van der Waals surface area contributed by atoms with E-state index < -0.39 is 27.3 Å². The molecule has 6 nitrogen and oxygen atoms in total. The van der Waals surface area contributed by atoms with Gasteiger partial charge in [-0.1, -0.05) is 0 Å². The summed E-state index contributed by atoms with van der Waals surface area (Å²) in [4.78, 5) is 10.9. The Morgan fingerprint density at radius 3 is 2.75 bits per heavy atom. The molecule has 1 aliphatic heterocycles. The number of carboxylic acid groups (broad SMARTS) is 1. The summed E-state index contributed by atoms with van der Waals surface area (Å²) in [5, 5.41) is 8.21. The zero-order valence-electron chi connectivity index (χ0n) is 9.42. The van der Waals surface area contributed by atoms with Crippen LogP contribution in [-0.2, 0) is 19.6 Å². The van der Waals surface area contributed by atoms with Gasteiger partial charge in [0.1, 0.15) is 6.04 Å². The molecule has 94 valence electrons. The number of methoxy groups -OCH3 is 1. The van der Waals surface area contributed by atoms with Crippen LogP contribution in [0.15, 0.2) is 0 Å². The number of hydrogen-bond donors (Lipinski definition) is 1. The van der Waals surface area contributed by atoms with Crippen molar-refractivity contribution in [1.29, 1.82) is 0 Å². The highest BCUT2D eigenvalue weighted by Gasteiger charge is 2.40. The molecule has 0 saturated carbocycles. The SMILES string of the molecule is COCC(C)S(=O)(=O)N1CCC[C@H]1C(=O)O. The van der Waals surface area contributed by atoms with E-state index in [0.717, 1.165) is 4.31 Å². The molecule has 1 unspecified atom stereocenters. The van der Waals surface area contributed by atoms with E-state index in [-0.39, 0.29) is 13.2 Å². The maximum atomic E-state index is 12.0. The second-order valence-corrected chi connectivity index (χ2v) is 6.22. The molecule has 0 aromatic heterocycles. The van der Waals surface area contributed by atoms with Gasteiger partial charge in [0, 0.05) is 13.7 Å². The maximum absolute atomic E-state index is 12.0. The van der Waals surface area contributed by atoms with Crippen LogP contribution < -0.4 is 0 Å². The van der Waals surface area contributed by atoms with Gasteiger partial charge < -0.3 is 9.84 Å². The Hall–Kier alpha value is -0.660. The van der Waals surface area contributed by atoms with E-state index in [1.807, 2.05) is 0 Å². The fraction of sp³-hybridized carbons (Fsp3) is 0.889. The molecule has 16 heavy (non-hydrogen) atoms. The smallest absolute Gasteiger partial charge is 0.322 e. The van der Waals surface area contributed by atoms with Gasteiger partial charge in [0.25, 0.3) is 0 Å². The molecular formula is C9H17NO5S.